The molecule has 2 N–H and O–H groups in total. The molecule has 0 spiro atoms. The van der Waals surface area contributed by atoms with Crippen LogP contribution in [0.2, 0.25) is 5.02 Å². The number of ether oxygens (including phenoxy) is 2. The number of hydrogen-bond donors (Lipinski definition) is 2. The Labute approximate surface area is 351 Å². The summed E-state index contributed by atoms with van der Waals surface area (Å²) in [6.07, 6.45) is 1.54. The van der Waals surface area contributed by atoms with Gasteiger partial charge in [-0.25, -0.2) is 9.29 Å². The van der Waals surface area contributed by atoms with Crippen LogP contribution < -0.4 is 24.7 Å². The predicted molar refractivity (Wildman–Crippen MR) is 217 cm³/mol. The number of nitrogens with one attached hydrogen (secondary N) is 1. The van der Waals surface area contributed by atoms with Crippen LogP contribution in [0.25, 0.3) is 0 Å². The second kappa shape index (κ2) is 14.9. The summed E-state index contributed by atoms with van der Waals surface area (Å²) in [6.45, 7) is 0. The smallest absolute Gasteiger partial charge is 0.301 e. The third-order valence-corrected chi connectivity index (χ3v) is 12.5. The lowest BCUT2D eigenvalue weighted by atomic mass is 9.49. The summed E-state index contributed by atoms with van der Waals surface area (Å²) in [7, 11) is 5.41. The zero-order chi connectivity index (χ0) is 43.8. The average molecular weight is 855 g/mol. The zero-order valence-corrected chi connectivity index (χ0v) is 33.6. The highest BCUT2D eigenvalue weighted by Gasteiger charge is 2.70. The molecule has 1 saturated carbocycles. The van der Waals surface area contributed by atoms with Crippen molar-refractivity contribution < 1.29 is 48.0 Å². The molecule has 4 aromatic carbocycles. The van der Waals surface area contributed by atoms with Gasteiger partial charge in [0.1, 0.15) is 5.82 Å². The van der Waals surface area contributed by atoms with Crippen LogP contribution in [-0.4, -0.2) is 71.9 Å². The third kappa shape index (κ3) is 6.10. The van der Waals surface area contributed by atoms with Crippen molar-refractivity contribution in [3.05, 3.63) is 127 Å². The van der Waals surface area contributed by atoms with Gasteiger partial charge in [-0.3, -0.25) is 44.8 Å². The van der Waals surface area contributed by atoms with Crippen LogP contribution in [0.1, 0.15) is 29.9 Å². The molecular formula is C42H36ClFN6O11. The number of imide groups is 2. The average Bonchev–Trinajstić information content (AvgIpc) is 3.61. The van der Waals surface area contributed by atoms with Crippen molar-refractivity contribution in [3.63, 3.8) is 0 Å². The first-order valence-corrected chi connectivity index (χ1v) is 19.3. The van der Waals surface area contributed by atoms with Crippen molar-refractivity contribution in [3.8, 4) is 17.2 Å². The number of hydrogen-bond acceptors (Lipinski definition) is 13. The van der Waals surface area contributed by atoms with Gasteiger partial charge < -0.3 is 19.5 Å². The molecule has 0 aromatic heterocycles. The lowest BCUT2D eigenvalue weighted by Crippen LogP contribution is -2.53. The third-order valence-electron chi connectivity index (χ3n) is 12.2. The maximum Gasteiger partial charge on any atom is 0.301 e. The van der Waals surface area contributed by atoms with E-state index in [-0.39, 0.29) is 47.2 Å². The van der Waals surface area contributed by atoms with Crippen LogP contribution in [-0.2, 0) is 24.6 Å². The molecule has 2 aliphatic heterocycles. The highest BCUT2D eigenvalue weighted by molar-refractivity contribution is 6.30. The molecule has 19 heteroatoms. The van der Waals surface area contributed by atoms with Gasteiger partial charge in [0, 0.05) is 37.2 Å². The maximum absolute atomic E-state index is 15.4. The molecule has 61 heavy (non-hydrogen) atoms. The van der Waals surface area contributed by atoms with Crippen molar-refractivity contribution in [2.45, 2.75) is 24.2 Å². The molecule has 314 valence electrons. The summed E-state index contributed by atoms with van der Waals surface area (Å²) in [5, 5.41) is 36.8. The van der Waals surface area contributed by atoms with Gasteiger partial charge in [0.25, 0.3) is 11.8 Å². The number of methoxy groups -OCH3 is 2. The normalized spacial score (nSPS) is 24.2. The van der Waals surface area contributed by atoms with E-state index in [0.29, 0.717) is 21.7 Å². The van der Waals surface area contributed by atoms with Crippen molar-refractivity contribution >= 4 is 63.7 Å². The highest BCUT2D eigenvalue weighted by atomic mass is 35.5. The van der Waals surface area contributed by atoms with Crippen molar-refractivity contribution in [1.82, 2.24) is 5.01 Å². The SMILES string of the molecule is COc1cc(C2C3=CCC4C(=O)N(c5cc([N+](=O)[O-])c(N(C)C)c([N+](=O)[O-])c5)C(=O)C4C3CC3C(=O)N(Nc4ccc(F)cc4)C(=O)C32c2ccc(Cl)cc2)cc(OC)c1O. The Hall–Kier alpha value is -7.08. The van der Waals surface area contributed by atoms with Crippen LogP contribution in [0.3, 0.4) is 0 Å². The van der Waals surface area contributed by atoms with E-state index in [1.54, 1.807) is 30.3 Å². The van der Waals surface area contributed by atoms with Gasteiger partial charge in [-0.05, 0) is 78.4 Å². The first kappa shape index (κ1) is 40.7. The number of phenolic OH excluding ortho intramolecular Hbond substituents is 1. The van der Waals surface area contributed by atoms with E-state index in [0.717, 1.165) is 34.2 Å². The Morgan fingerprint density at radius 1 is 0.869 bits per heavy atom. The van der Waals surface area contributed by atoms with E-state index in [9.17, 15) is 44.1 Å². The fourth-order valence-electron chi connectivity index (χ4n) is 9.82. The second-order valence-electron chi connectivity index (χ2n) is 15.4. The van der Waals surface area contributed by atoms with Crippen LogP contribution in [0.15, 0.2) is 84.4 Å². The fourth-order valence-corrected chi connectivity index (χ4v) is 9.95. The Morgan fingerprint density at radius 3 is 2.00 bits per heavy atom. The molecule has 0 bridgehead atoms. The van der Waals surface area contributed by atoms with E-state index in [1.165, 1.54) is 57.5 Å². The van der Waals surface area contributed by atoms with Crippen LogP contribution in [0.5, 0.6) is 17.2 Å². The molecule has 4 amide bonds. The number of phenols is 1. The van der Waals surface area contributed by atoms with Gasteiger partial charge in [-0.1, -0.05) is 35.4 Å². The Bertz CT molecular complexity index is 2540. The van der Waals surface area contributed by atoms with Gasteiger partial charge in [0.15, 0.2) is 17.2 Å². The van der Waals surface area contributed by atoms with Gasteiger partial charge >= 0.3 is 11.4 Å². The molecule has 3 fully saturated rings. The number of halogens is 2. The van der Waals surface area contributed by atoms with Crippen LogP contribution in [0, 0.1) is 49.7 Å². The number of allylic oxidation sites excluding steroid dienone is 2. The molecule has 6 atom stereocenters. The molecule has 17 nitrogen and oxygen atoms in total. The molecule has 0 radical (unpaired) electrons. The summed E-state index contributed by atoms with van der Waals surface area (Å²) in [5.41, 5.74) is 0.384. The number of nitro groups is 2. The Balaban J connectivity index is 1.34. The first-order chi connectivity index (χ1) is 29.0. The number of rotatable bonds is 10. The topological polar surface area (TPSA) is 215 Å². The summed E-state index contributed by atoms with van der Waals surface area (Å²) in [4.78, 5) is 84.5. The first-order valence-electron chi connectivity index (χ1n) is 18.9. The molecule has 2 saturated heterocycles. The molecule has 2 heterocycles. The number of amides is 4. The minimum Gasteiger partial charge on any atom is -0.502 e. The molecule has 4 aromatic rings. The van der Waals surface area contributed by atoms with Gasteiger partial charge in [-0.15, -0.1) is 0 Å². The quantitative estimate of drug-likeness (QED) is 0.0779. The lowest BCUT2D eigenvalue weighted by molar-refractivity contribution is -0.392. The van der Waals surface area contributed by atoms with Crippen LogP contribution in [0.4, 0.5) is 32.8 Å². The van der Waals surface area contributed by atoms with Gasteiger partial charge in [0.05, 0.1) is 58.6 Å². The van der Waals surface area contributed by atoms with Crippen LogP contribution >= 0.6 is 11.6 Å². The summed E-state index contributed by atoms with van der Waals surface area (Å²) in [5.74, 6) is -9.45. The number of nitrogens with zero attached hydrogens (tertiary/aromatic N) is 5. The number of carbonyl (C=O) groups is 4. The van der Waals surface area contributed by atoms with E-state index >= 15 is 4.79 Å². The maximum atomic E-state index is 15.4. The van der Waals surface area contributed by atoms with E-state index < -0.39 is 85.7 Å². The monoisotopic (exact) mass is 854 g/mol. The van der Waals surface area contributed by atoms with E-state index in [1.807, 2.05) is 0 Å². The van der Waals surface area contributed by atoms with Gasteiger partial charge in [-0.2, -0.15) is 5.01 Å². The molecular weight excluding hydrogens is 819 g/mol. The Kier molecular flexibility index (Phi) is 9.92. The predicted octanol–water partition coefficient (Wildman–Crippen LogP) is 6.27. The minimum atomic E-state index is -1.79. The zero-order valence-electron chi connectivity index (χ0n) is 32.8. The van der Waals surface area contributed by atoms with Crippen molar-refractivity contribution in [2.75, 3.05) is 43.5 Å². The highest BCUT2D eigenvalue weighted by Crippen LogP contribution is 2.65. The minimum absolute atomic E-state index is 0.0331. The number of hydrazine groups is 1. The molecule has 8 rings (SSSR count). The standard InChI is InChI=1S/C42H36ClFN6O11/c1-46(2)36-30(49(56)57)17-25(18-31(36)50(58)59)47-38(52)27-14-13-26-28(34(27)40(47)54)19-29-39(53)48(45-24-11-9-23(44)10-12-24)41(55)42(29,21-5-7-22(43)8-6-21)35(26)20-15-32(60-3)37(51)33(16-20)61-4/h5-13,15-18,27-29,34-35,45,51H,14,19H2,1-4H3. The summed E-state index contributed by atoms with van der Waals surface area (Å²) >= 11 is 6.37. The molecule has 6 unspecified atom stereocenters. The van der Waals surface area contributed by atoms with E-state index in [2.05, 4.69) is 5.43 Å². The van der Waals surface area contributed by atoms with Crippen molar-refractivity contribution in [1.29, 1.82) is 0 Å². The largest absolute Gasteiger partial charge is 0.502 e. The molecule has 2 aliphatic carbocycles. The lowest BCUT2D eigenvalue weighted by Gasteiger charge is -2.50. The molecule has 4 aliphatic rings. The number of carbonyl (C=O) groups excluding carboxylic acids is 4. The number of benzene rings is 4. The summed E-state index contributed by atoms with van der Waals surface area (Å²) < 4.78 is 25.1. The fraction of sp³-hybridized carbons (Fsp3) is 0.286. The Morgan fingerprint density at radius 2 is 1.46 bits per heavy atom. The number of anilines is 3. The second-order valence-corrected chi connectivity index (χ2v) is 15.8. The number of aromatic hydroxyl groups is 1. The van der Waals surface area contributed by atoms with Gasteiger partial charge in [0.2, 0.25) is 17.6 Å². The van der Waals surface area contributed by atoms with E-state index in [4.69, 9.17) is 21.1 Å². The summed E-state index contributed by atoms with van der Waals surface area (Å²) in [6, 6.07) is 16.3. The number of nitro benzene ring substituents is 2. The van der Waals surface area contributed by atoms with Crippen molar-refractivity contribution in [2.24, 2.45) is 23.7 Å². The number of fused-ring (bicyclic) bond motifs is 4.